The minimum atomic E-state index is -0.468. The maximum Gasteiger partial charge on any atom is 0.249 e. The van der Waals surface area contributed by atoms with Crippen molar-refractivity contribution >= 4 is 22.4 Å². The molecule has 0 radical (unpaired) electrons. The number of anilines is 2. The van der Waals surface area contributed by atoms with Crippen LogP contribution in [0.4, 0.5) is 11.4 Å². The van der Waals surface area contributed by atoms with Crippen molar-refractivity contribution in [3.05, 3.63) is 51.0 Å². The number of aromatic nitrogens is 2. The maximum absolute atomic E-state index is 11.1. The van der Waals surface area contributed by atoms with Gasteiger partial charge in [0.1, 0.15) is 0 Å². The van der Waals surface area contributed by atoms with Gasteiger partial charge in [-0.2, -0.15) is 0 Å². The third-order valence-corrected chi connectivity index (χ3v) is 2.44. The predicted molar refractivity (Wildman–Crippen MR) is 60.7 cm³/mol. The van der Waals surface area contributed by atoms with Crippen LogP contribution >= 0.6 is 0 Å². The summed E-state index contributed by atoms with van der Waals surface area (Å²) in [4.78, 5) is 28.8. The van der Waals surface area contributed by atoms with E-state index in [0.29, 0.717) is 5.69 Å². The SMILES string of the molecule is O=c1cc(Nc2ccc3nc[nH]c3c2)c1=O. The standard InChI is InChI=1S/C11H7N3O2/c15-10-4-9(11(10)16)14-6-1-2-7-8(3-6)13-5-12-7/h1-5,14H,(H,12,13). The van der Waals surface area contributed by atoms with Crippen molar-refractivity contribution in [1.82, 2.24) is 9.97 Å². The second-order valence-corrected chi connectivity index (χ2v) is 3.51. The van der Waals surface area contributed by atoms with Crippen LogP contribution in [0.2, 0.25) is 0 Å². The molecule has 0 spiro atoms. The largest absolute Gasteiger partial charge is 0.352 e. The monoisotopic (exact) mass is 213 g/mol. The lowest BCUT2D eigenvalue weighted by molar-refractivity contribution is 1.34. The summed E-state index contributed by atoms with van der Waals surface area (Å²) in [6.07, 6.45) is 1.60. The Hall–Kier alpha value is -2.43. The first-order chi connectivity index (χ1) is 7.74. The van der Waals surface area contributed by atoms with E-state index >= 15 is 0 Å². The molecule has 0 aliphatic carbocycles. The fourth-order valence-electron chi connectivity index (χ4n) is 1.58. The van der Waals surface area contributed by atoms with Crippen LogP contribution < -0.4 is 16.2 Å². The van der Waals surface area contributed by atoms with Gasteiger partial charge in [-0.05, 0) is 18.2 Å². The Morgan fingerprint density at radius 3 is 2.81 bits per heavy atom. The van der Waals surface area contributed by atoms with Crippen molar-refractivity contribution in [3.8, 4) is 0 Å². The van der Waals surface area contributed by atoms with E-state index in [-0.39, 0.29) is 0 Å². The average molecular weight is 213 g/mol. The Balaban J connectivity index is 1.98. The summed E-state index contributed by atoms with van der Waals surface area (Å²) in [5.41, 5.74) is 1.90. The van der Waals surface area contributed by atoms with Crippen molar-refractivity contribution < 1.29 is 0 Å². The molecule has 2 N–H and O–H groups in total. The summed E-state index contributed by atoms with van der Waals surface area (Å²) in [7, 11) is 0. The molecule has 0 saturated carbocycles. The van der Waals surface area contributed by atoms with Crippen LogP contribution in [0.3, 0.4) is 0 Å². The number of hydrogen-bond acceptors (Lipinski definition) is 4. The number of nitrogens with zero attached hydrogens (tertiary/aromatic N) is 1. The van der Waals surface area contributed by atoms with Gasteiger partial charge in [-0.3, -0.25) is 9.59 Å². The fraction of sp³-hybridized carbons (Fsp3) is 0. The molecule has 0 amide bonds. The fourth-order valence-corrected chi connectivity index (χ4v) is 1.58. The van der Waals surface area contributed by atoms with Gasteiger partial charge in [-0.25, -0.2) is 4.98 Å². The molecule has 3 rings (SSSR count). The number of nitrogens with one attached hydrogen (secondary N) is 2. The molecule has 0 fully saturated rings. The molecule has 78 valence electrons. The Labute approximate surface area is 89.5 Å². The number of H-pyrrole nitrogens is 1. The molecule has 2 aromatic carbocycles. The molecule has 0 aliphatic rings. The Morgan fingerprint density at radius 2 is 2.06 bits per heavy atom. The number of benzene rings is 1. The summed E-state index contributed by atoms with van der Waals surface area (Å²) in [5.74, 6) is 0. The molecule has 0 aliphatic heterocycles. The van der Waals surface area contributed by atoms with Crippen LogP contribution in [-0.4, -0.2) is 9.97 Å². The smallest absolute Gasteiger partial charge is 0.249 e. The van der Waals surface area contributed by atoms with Crippen molar-refractivity contribution in [2.45, 2.75) is 0 Å². The second kappa shape index (κ2) is 3.03. The van der Waals surface area contributed by atoms with E-state index in [2.05, 4.69) is 15.3 Å². The molecule has 0 saturated heterocycles. The summed E-state index contributed by atoms with van der Waals surface area (Å²) in [6.45, 7) is 0. The lowest BCUT2D eigenvalue weighted by Crippen LogP contribution is -2.31. The zero-order valence-electron chi connectivity index (χ0n) is 8.15. The van der Waals surface area contributed by atoms with Crippen LogP contribution in [0.25, 0.3) is 11.0 Å². The molecular formula is C11H7N3O2. The summed E-state index contributed by atoms with van der Waals surface area (Å²) in [5, 5.41) is 2.88. The van der Waals surface area contributed by atoms with E-state index in [1.54, 1.807) is 12.4 Å². The van der Waals surface area contributed by atoms with Crippen molar-refractivity contribution in [2.75, 3.05) is 5.32 Å². The highest BCUT2D eigenvalue weighted by Gasteiger charge is 2.09. The molecule has 0 atom stereocenters. The quantitative estimate of drug-likeness (QED) is 0.620. The first-order valence-electron chi connectivity index (χ1n) is 4.74. The summed E-state index contributed by atoms with van der Waals surface area (Å²) >= 11 is 0. The van der Waals surface area contributed by atoms with E-state index in [9.17, 15) is 9.59 Å². The van der Waals surface area contributed by atoms with Crippen LogP contribution in [0.15, 0.2) is 40.2 Å². The van der Waals surface area contributed by atoms with Crippen LogP contribution in [0, 0.1) is 0 Å². The summed E-state index contributed by atoms with van der Waals surface area (Å²) in [6, 6.07) is 6.76. The van der Waals surface area contributed by atoms with Gasteiger partial charge in [-0.15, -0.1) is 0 Å². The van der Waals surface area contributed by atoms with Crippen LogP contribution in [-0.2, 0) is 0 Å². The number of imidazole rings is 1. The average Bonchev–Trinajstić information content (AvgIpc) is 2.75. The topological polar surface area (TPSA) is 74.8 Å². The molecule has 0 unspecified atom stereocenters. The van der Waals surface area contributed by atoms with Gasteiger partial charge < -0.3 is 10.3 Å². The third kappa shape index (κ3) is 1.22. The number of rotatable bonds is 2. The van der Waals surface area contributed by atoms with E-state index < -0.39 is 10.9 Å². The molecule has 1 aromatic heterocycles. The molecular weight excluding hydrogens is 206 g/mol. The minimum absolute atomic E-state index is 0.337. The van der Waals surface area contributed by atoms with E-state index in [0.717, 1.165) is 16.7 Å². The van der Waals surface area contributed by atoms with E-state index in [1.165, 1.54) is 6.07 Å². The second-order valence-electron chi connectivity index (χ2n) is 3.51. The van der Waals surface area contributed by atoms with Crippen molar-refractivity contribution in [1.29, 1.82) is 0 Å². The zero-order chi connectivity index (χ0) is 11.1. The Bertz CT molecular complexity index is 735. The van der Waals surface area contributed by atoms with Gasteiger partial charge in [0, 0.05) is 11.8 Å². The van der Waals surface area contributed by atoms with Crippen LogP contribution in [0.5, 0.6) is 0 Å². The van der Waals surface area contributed by atoms with Gasteiger partial charge in [0.2, 0.25) is 10.9 Å². The van der Waals surface area contributed by atoms with E-state index in [4.69, 9.17) is 0 Å². The third-order valence-electron chi connectivity index (χ3n) is 2.44. The molecule has 0 bridgehead atoms. The number of fused-ring (bicyclic) bond motifs is 1. The molecule has 3 aromatic rings. The molecule has 1 heterocycles. The van der Waals surface area contributed by atoms with Gasteiger partial charge in [0.15, 0.2) is 0 Å². The lowest BCUT2D eigenvalue weighted by atomic mass is 10.2. The van der Waals surface area contributed by atoms with Gasteiger partial charge >= 0.3 is 0 Å². The highest BCUT2D eigenvalue weighted by molar-refractivity contribution is 5.80. The maximum atomic E-state index is 11.1. The highest BCUT2D eigenvalue weighted by Crippen LogP contribution is 2.18. The normalized spacial score (nSPS) is 11.0. The highest BCUT2D eigenvalue weighted by atomic mass is 16.2. The molecule has 5 heteroatoms. The van der Waals surface area contributed by atoms with E-state index in [1.807, 2.05) is 12.1 Å². The van der Waals surface area contributed by atoms with Gasteiger partial charge in [-0.1, -0.05) is 0 Å². The van der Waals surface area contributed by atoms with Crippen molar-refractivity contribution in [3.63, 3.8) is 0 Å². The van der Waals surface area contributed by atoms with Crippen LogP contribution in [0.1, 0.15) is 0 Å². The van der Waals surface area contributed by atoms with Gasteiger partial charge in [0.05, 0.1) is 23.0 Å². The number of aromatic amines is 1. The molecule has 5 nitrogen and oxygen atoms in total. The van der Waals surface area contributed by atoms with Crippen molar-refractivity contribution in [2.24, 2.45) is 0 Å². The first-order valence-corrected chi connectivity index (χ1v) is 4.74. The molecule has 16 heavy (non-hydrogen) atoms. The number of hydrogen-bond donors (Lipinski definition) is 2. The Morgan fingerprint density at radius 1 is 1.19 bits per heavy atom. The predicted octanol–water partition coefficient (Wildman–Crippen LogP) is 0.902. The first kappa shape index (κ1) is 8.84. The summed E-state index contributed by atoms with van der Waals surface area (Å²) < 4.78 is 0. The lowest BCUT2D eigenvalue weighted by Gasteiger charge is -2.05. The van der Waals surface area contributed by atoms with Gasteiger partial charge in [0.25, 0.3) is 0 Å². The minimum Gasteiger partial charge on any atom is -0.352 e. The Kier molecular flexibility index (Phi) is 1.67. The zero-order valence-corrected chi connectivity index (χ0v) is 8.15.